The van der Waals surface area contributed by atoms with Crippen molar-refractivity contribution in [2.24, 2.45) is 0 Å². The summed E-state index contributed by atoms with van der Waals surface area (Å²) in [5, 5.41) is 25.6. The molecule has 1 fully saturated rings. The molecule has 1 aromatic heterocycles. The Kier molecular flexibility index (Phi) is 4.13. The third-order valence-electron chi connectivity index (χ3n) is 4.42. The quantitative estimate of drug-likeness (QED) is 0.916. The highest BCUT2D eigenvalue weighted by atomic mass is 32.1. The Balaban J connectivity index is 1.91. The van der Waals surface area contributed by atoms with Crippen molar-refractivity contribution < 1.29 is 10.2 Å². The number of nitrogens with zero attached hydrogens (tertiary/aromatic N) is 1. The SMILES string of the molecule is CN1CCC(O)(c2cscc2C(O)c2ccccc2)CC1. The van der Waals surface area contributed by atoms with E-state index in [9.17, 15) is 10.2 Å². The van der Waals surface area contributed by atoms with E-state index in [1.807, 2.05) is 41.1 Å². The van der Waals surface area contributed by atoms with Gasteiger partial charge >= 0.3 is 0 Å². The summed E-state index contributed by atoms with van der Waals surface area (Å²) in [7, 11) is 2.08. The Morgan fingerprint density at radius 2 is 1.81 bits per heavy atom. The van der Waals surface area contributed by atoms with Gasteiger partial charge in [-0.05, 0) is 36.2 Å². The van der Waals surface area contributed by atoms with E-state index in [0.717, 1.165) is 42.6 Å². The molecule has 1 aliphatic heterocycles. The molecule has 0 saturated carbocycles. The average Bonchev–Trinajstić information content (AvgIpc) is 3.01. The highest BCUT2D eigenvalue weighted by molar-refractivity contribution is 7.08. The first-order valence-corrected chi connectivity index (χ1v) is 8.25. The maximum Gasteiger partial charge on any atom is 0.105 e. The fraction of sp³-hybridized carbons (Fsp3) is 0.412. The van der Waals surface area contributed by atoms with Gasteiger partial charge in [0.15, 0.2) is 0 Å². The molecule has 1 unspecified atom stereocenters. The van der Waals surface area contributed by atoms with Gasteiger partial charge in [-0.1, -0.05) is 30.3 Å². The normalized spacial score (nSPS) is 20.3. The maximum absolute atomic E-state index is 11.0. The lowest BCUT2D eigenvalue weighted by Crippen LogP contribution is -2.41. The monoisotopic (exact) mass is 303 g/mol. The van der Waals surface area contributed by atoms with Gasteiger partial charge in [-0.3, -0.25) is 0 Å². The largest absolute Gasteiger partial charge is 0.385 e. The third kappa shape index (κ3) is 2.90. The molecule has 112 valence electrons. The van der Waals surface area contributed by atoms with Crippen molar-refractivity contribution in [2.45, 2.75) is 24.5 Å². The first kappa shape index (κ1) is 14.7. The summed E-state index contributed by atoms with van der Waals surface area (Å²) in [5.74, 6) is 0. The van der Waals surface area contributed by atoms with Crippen molar-refractivity contribution in [3.8, 4) is 0 Å². The Labute approximate surface area is 129 Å². The number of rotatable bonds is 3. The summed E-state index contributed by atoms with van der Waals surface area (Å²) in [6.07, 6.45) is 0.764. The van der Waals surface area contributed by atoms with Gasteiger partial charge in [0.05, 0.1) is 5.60 Å². The van der Waals surface area contributed by atoms with E-state index in [1.54, 1.807) is 11.3 Å². The molecular formula is C17H21NO2S. The number of piperidine rings is 1. The van der Waals surface area contributed by atoms with Gasteiger partial charge in [-0.25, -0.2) is 0 Å². The molecule has 1 aromatic carbocycles. The van der Waals surface area contributed by atoms with Crippen LogP contribution in [-0.2, 0) is 5.60 Å². The Hall–Kier alpha value is -1.20. The molecule has 0 spiro atoms. The summed E-state index contributed by atoms with van der Waals surface area (Å²) in [6.45, 7) is 1.76. The van der Waals surface area contributed by atoms with Gasteiger partial charge in [-0.2, -0.15) is 11.3 Å². The lowest BCUT2D eigenvalue weighted by atomic mass is 9.82. The molecule has 2 N–H and O–H groups in total. The van der Waals surface area contributed by atoms with Crippen LogP contribution in [0.25, 0.3) is 0 Å². The van der Waals surface area contributed by atoms with Crippen LogP contribution in [0.3, 0.4) is 0 Å². The van der Waals surface area contributed by atoms with Crippen LogP contribution in [0.5, 0.6) is 0 Å². The molecule has 0 bridgehead atoms. The lowest BCUT2D eigenvalue weighted by Gasteiger charge is -2.37. The summed E-state index contributed by atoms with van der Waals surface area (Å²) >= 11 is 1.55. The van der Waals surface area contributed by atoms with Gasteiger partial charge in [-0.15, -0.1) is 0 Å². The number of hydrogen-bond acceptors (Lipinski definition) is 4. The molecule has 3 nitrogen and oxygen atoms in total. The molecule has 21 heavy (non-hydrogen) atoms. The van der Waals surface area contributed by atoms with E-state index < -0.39 is 11.7 Å². The van der Waals surface area contributed by atoms with E-state index >= 15 is 0 Å². The maximum atomic E-state index is 11.0. The van der Waals surface area contributed by atoms with Crippen LogP contribution in [-0.4, -0.2) is 35.3 Å². The predicted molar refractivity (Wildman–Crippen MR) is 85.5 cm³/mol. The summed E-state index contributed by atoms with van der Waals surface area (Å²) in [6, 6.07) is 9.63. The fourth-order valence-electron chi connectivity index (χ4n) is 2.97. The van der Waals surface area contributed by atoms with Crippen molar-refractivity contribution in [2.75, 3.05) is 20.1 Å². The topological polar surface area (TPSA) is 43.7 Å². The minimum absolute atomic E-state index is 0.670. The van der Waals surface area contributed by atoms with Crippen molar-refractivity contribution >= 4 is 11.3 Å². The van der Waals surface area contributed by atoms with Gasteiger partial charge in [0.2, 0.25) is 0 Å². The second kappa shape index (κ2) is 5.89. The number of thiophene rings is 1. The smallest absolute Gasteiger partial charge is 0.105 e. The number of likely N-dealkylation sites (tertiary alicyclic amines) is 1. The highest BCUT2D eigenvalue weighted by Crippen LogP contribution is 2.39. The van der Waals surface area contributed by atoms with Gasteiger partial charge in [0.25, 0.3) is 0 Å². The minimum atomic E-state index is -0.808. The zero-order valence-electron chi connectivity index (χ0n) is 12.2. The van der Waals surface area contributed by atoms with Crippen LogP contribution >= 0.6 is 11.3 Å². The molecule has 1 saturated heterocycles. The zero-order valence-corrected chi connectivity index (χ0v) is 13.0. The molecule has 1 aliphatic rings. The number of hydrogen-bond donors (Lipinski definition) is 2. The molecule has 2 heterocycles. The summed E-state index contributed by atoms with van der Waals surface area (Å²) in [4.78, 5) is 2.23. The zero-order chi connectivity index (χ0) is 14.9. The fourth-order valence-corrected chi connectivity index (χ4v) is 3.93. The molecule has 4 heteroatoms. The highest BCUT2D eigenvalue weighted by Gasteiger charge is 2.36. The van der Waals surface area contributed by atoms with Gasteiger partial charge < -0.3 is 15.1 Å². The molecule has 0 aliphatic carbocycles. The summed E-state index contributed by atoms with van der Waals surface area (Å²) < 4.78 is 0. The van der Waals surface area contributed by atoms with Crippen LogP contribution in [0.2, 0.25) is 0 Å². The second-order valence-electron chi connectivity index (χ2n) is 5.89. The van der Waals surface area contributed by atoms with Crippen LogP contribution in [0, 0.1) is 0 Å². The first-order valence-electron chi connectivity index (χ1n) is 7.31. The molecule has 1 atom stereocenters. The Morgan fingerprint density at radius 1 is 1.14 bits per heavy atom. The standard InChI is InChI=1S/C17H21NO2S/c1-18-9-7-17(20,8-10-18)15-12-21-11-14(15)16(19)13-5-3-2-4-6-13/h2-6,11-12,16,19-20H,7-10H2,1H3. The van der Waals surface area contributed by atoms with Crippen LogP contribution < -0.4 is 0 Å². The Bertz CT molecular complexity index is 588. The van der Waals surface area contributed by atoms with Crippen molar-refractivity contribution in [1.82, 2.24) is 4.90 Å². The number of aliphatic hydroxyl groups is 2. The molecular weight excluding hydrogens is 282 g/mol. The number of benzene rings is 1. The Morgan fingerprint density at radius 3 is 2.48 bits per heavy atom. The number of aliphatic hydroxyl groups excluding tert-OH is 1. The minimum Gasteiger partial charge on any atom is -0.385 e. The van der Waals surface area contributed by atoms with Crippen LogP contribution in [0.1, 0.15) is 35.6 Å². The average molecular weight is 303 g/mol. The van der Waals surface area contributed by atoms with Crippen LogP contribution in [0.4, 0.5) is 0 Å². The molecule has 2 aromatic rings. The lowest BCUT2D eigenvalue weighted by molar-refractivity contribution is -0.0218. The van der Waals surface area contributed by atoms with Gasteiger partial charge in [0, 0.05) is 24.2 Å². The van der Waals surface area contributed by atoms with Crippen molar-refractivity contribution in [1.29, 1.82) is 0 Å². The van der Waals surface area contributed by atoms with E-state index in [-0.39, 0.29) is 0 Å². The van der Waals surface area contributed by atoms with Crippen molar-refractivity contribution in [3.63, 3.8) is 0 Å². The molecule has 0 amide bonds. The van der Waals surface area contributed by atoms with E-state index in [1.165, 1.54) is 0 Å². The van der Waals surface area contributed by atoms with Gasteiger partial charge in [0.1, 0.15) is 6.10 Å². The molecule has 0 radical (unpaired) electrons. The third-order valence-corrected chi connectivity index (χ3v) is 5.18. The van der Waals surface area contributed by atoms with E-state index in [0.29, 0.717) is 0 Å². The summed E-state index contributed by atoms with van der Waals surface area (Å²) in [5.41, 5.74) is 1.81. The van der Waals surface area contributed by atoms with E-state index in [2.05, 4.69) is 11.9 Å². The first-order chi connectivity index (χ1) is 10.1. The predicted octanol–water partition coefficient (Wildman–Crippen LogP) is 2.74. The second-order valence-corrected chi connectivity index (χ2v) is 6.63. The van der Waals surface area contributed by atoms with Crippen molar-refractivity contribution in [3.05, 3.63) is 57.8 Å². The van der Waals surface area contributed by atoms with Crippen LogP contribution in [0.15, 0.2) is 41.1 Å². The van der Waals surface area contributed by atoms with E-state index in [4.69, 9.17) is 0 Å². The molecule has 3 rings (SSSR count).